The highest BCUT2D eigenvalue weighted by molar-refractivity contribution is 5.97. The maximum Gasteiger partial charge on any atom is 0.405 e. The number of anilines is 1. The van der Waals surface area contributed by atoms with Gasteiger partial charge in [-0.25, -0.2) is 9.59 Å². The van der Waals surface area contributed by atoms with Crippen molar-refractivity contribution in [2.45, 2.75) is 13.1 Å². The number of alkyl halides is 3. The number of rotatable bonds is 5. The van der Waals surface area contributed by atoms with Gasteiger partial charge in [0.05, 0.1) is 5.56 Å². The predicted molar refractivity (Wildman–Crippen MR) is 78.6 cm³/mol. The third-order valence-electron chi connectivity index (χ3n) is 2.46. The summed E-state index contributed by atoms with van der Waals surface area (Å²) < 4.78 is 40.3. The van der Waals surface area contributed by atoms with Gasteiger partial charge < -0.3 is 15.4 Å². The van der Waals surface area contributed by atoms with Crippen LogP contribution in [-0.2, 0) is 14.3 Å². The van der Waals surface area contributed by atoms with Crippen molar-refractivity contribution < 1.29 is 37.1 Å². The zero-order chi connectivity index (χ0) is 19.0. The van der Waals surface area contributed by atoms with Crippen molar-refractivity contribution in [1.82, 2.24) is 10.6 Å². The van der Waals surface area contributed by atoms with Crippen LogP contribution in [0.15, 0.2) is 24.3 Å². The van der Waals surface area contributed by atoms with Crippen molar-refractivity contribution in [1.29, 1.82) is 0 Å². The normalized spacial score (nSPS) is 10.6. The van der Waals surface area contributed by atoms with Gasteiger partial charge in [0, 0.05) is 12.6 Å². The van der Waals surface area contributed by atoms with Crippen molar-refractivity contribution in [2.75, 3.05) is 18.5 Å². The maximum atomic E-state index is 11.9. The van der Waals surface area contributed by atoms with Gasteiger partial charge in [-0.1, -0.05) is 6.07 Å². The summed E-state index contributed by atoms with van der Waals surface area (Å²) in [5.41, 5.74) is 0.360. The molecule has 0 aliphatic carbocycles. The highest BCUT2D eigenvalue weighted by Crippen LogP contribution is 2.12. The Bertz CT molecular complexity index is 676. The second-order valence-electron chi connectivity index (χ2n) is 4.68. The van der Waals surface area contributed by atoms with Gasteiger partial charge in [-0.2, -0.15) is 13.2 Å². The molecule has 0 radical (unpaired) electrons. The lowest BCUT2D eigenvalue weighted by Crippen LogP contribution is -2.44. The third kappa shape index (κ3) is 8.34. The maximum absolute atomic E-state index is 11.9. The Labute approximate surface area is 139 Å². The van der Waals surface area contributed by atoms with Gasteiger partial charge in [-0.3, -0.25) is 14.9 Å². The topological polar surface area (TPSA) is 114 Å². The standard InChI is InChI=1S/C14H14F3N3O5/c1-8(21)19-10-4-2-3-9(5-10)12(23)25-6-11(22)20-13(24)18-7-14(15,16)17/h2-5H,6-7H2,1H3,(H,19,21)(H2,18,20,22,24). The summed E-state index contributed by atoms with van der Waals surface area (Å²) in [6, 6.07) is 4.29. The summed E-state index contributed by atoms with van der Waals surface area (Å²) in [5, 5.41) is 5.44. The molecule has 1 aromatic carbocycles. The first-order chi connectivity index (χ1) is 11.6. The number of ether oxygens (including phenoxy) is 1. The molecule has 1 aromatic rings. The highest BCUT2D eigenvalue weighted by atomic mass is 19.4. The SMILES string of the molecule is CC(=O)Nc1cccc(C(=O)OCC(=O)NC(=O)NCC(F)(F)F)c1. The average molecular weight is 361 g/mol. The van der Waals surface area contributed by atoms with Gasteiger partial charge in [-0.15, -0.1) is 0 Å². The average Bonchev–Trinajstić information content (AvgIpc) is 2.49. The fraction of sp³-hybridized carbons (Fsp3) is 0.286. The van der Waals surface area contributed by atoms with Crippen LogP contribution in [0.1, 0.15) is 17.3 Å². The zero-order valence-corrected chi connectivity index (χ0v) is 12.9. The Hall–Kier alpha value is -3.11. The zero-order valence-electron chi connectivity index (χ0n) is 12.9. The van der Waals surface area contributed by atoms with E-state index in [4.69, 9.17) is 0 Å². The van der Waals surface area contributed by atoms with E-state index in [9.17, 15) is 32.3 Å². The Morgan fingerprint density at radius 2 is 1.84 bits per heavy atom. The second kappa shape index (κ2) is 8.66. The Morgan fingerprint density at radius 3 is 2.44 bits per heavy atom. The van der Waals surface area contributed by atoms with Crippen LogP contribution in [0.4, 0.5) is 23.7 Å². The lowest BCUT2D eigenvalue weighted by Gasteiger charge is -2.09. The van der Waals surface area contributed by atoms with Crippen LogP contribution in [0, 0.1) is 0 Å². The molecule has 136 valence electrons. The number of benzene rings is 1. The van der Waals surface area contributed by atoms with Gasteiger partial charge >= 0.3 is 18.2 Å². The Morgan fingerprint density at radius 1 is 1.16 bits per heavy atom. The number of hydrogen-bond acceptors (Lipinski definition) is 5. The summed E-state index contributed by atoms with van der Waals surface area (Å²) in [6.45, 7) is -1.20. The van der Waals surface area contributed by atoms with Crippen molar-refractivity contribution in [3.05, 3.63) is 29.8 Å². The van der Waals surface area contributed by atoms with Crippen LogP contribution >= 0.6 is 0 Å². The first-order valence-electron chi connectivity index (χ1n) is 6.76. The fourth-order valence-corrected chi connectivity index (χ4v) is 1.53. The monoisotopic (exact) mass is 361 g/mol. The summed E-state index contributed by atoms with van der Waals surface area (Å²) in [4.78, 5) is 45.1. The summed E-state index contributed by atoms with van der Waals surface area (Å²) in [7, 11) is 0. The highest BCUT2D eigenvalue weighted by Gasteiger charge is 2.28. The van der Waals surface area contributed by atoms with Crippen LogP contribution in [0.5, 0.6) is 0 Å². The quantitative estimate of drug-likeness (QED) is 0.682. The molecule has 0 saturated carbocycles. The molecule has 3 N–H and O–H groups in total. The van der Waals surface area contributed by atoms with Crippen LogP contribution < -0.4 is 16.0 Å². The first kappa shape index (κ1) is 19.9. The molecule has 8 nitrogen and oxygen atoms in total. The molecule has 25 heavy (non-hydrogen) atoms. The van der Waals surface area contributed by atoms with Gasteiger partial charge in [-0.05, 0) is 18.2 Å². The van der Waals surface area contributed by atoms with E-state index >= 15 is 0 Å². The number of urea groups is 1. The van der Waals surface area contributed by atoms with Crippen molar-refractivity contribution in [2.24, 2.45) is 0 Å². The lowest BCUT2D eigenvalue weighted by molar-refractivity contribution is -0.125. The molecule has 0 spiro atoms. The van der Waals surface area contributed by atoms with E-state index in [0.717, 1.165) is 0 Å². The number of amides is 4. The van der Waals surface area contributed by atoms with Crippen LogP contribution in [0.2, 0.25) is 0 Å². The number of hydrogen-bond donors (Lipinski definition) is 3. The molecule has 0 saturated heterocycles. The molecule has 0 heterocycles. The summed E-state index contributed by atoms with van der Waals surface area (Å²) in [6.07, 6.45) is -4.62. The lowest BCUT2D eigenvalue weighted by atomic mass is 10.2. The fourth-order valence-electron chi connectivity index (χ4n) is 1.53. The first-order valence-corrected chi connectivity index (χ1v) is 6.76. The number of halogens is 3. The number of carbonyl (C=O) groups is 4. The van der Waals surface area contributed by atoms with E-state index < -0.39 is 37.2 Å². The van der Waals surface area contributed by atoms with Gasteiger partial charge in [0.1, 0.15) is 6.54 Å². The summed E-state index contributed by atoms with van der Waals surface area (Å²) >= 11 is 0. The molecular weight excluding hydrogens is 347 g/mol. The number of esters is 1. The van der Waals surface area contributed by atoms with Gasteiger partial charge in [0.25, 0.3) is 5.91 Å². The molecule has 0 aliphatic rings. The van der Waals surface area contributed by atoms with E-state index in [1.54, 1.807) is 5.32 Å². The number of carbonyl (C=O) groups excluding carboxylic acids is 4. The number of nitrogens with one attached hydrogen (secondary N) is 3. The minimum atomic E-state index is -4.62. The minimum absolute atomic E-state index is 0.0283. The molecule has 0 aliphatic heterocycles. The predicted octanol–water partition coefficient (Wildman–Crippen LogP) is 1.19. The smallest absolute Gasteiger partial charge is 0.405 e. The molecule has 0 unspecified atom stereocenters. The molecule has 0 atom stereocenters. The number of imide groups is 1. The van der Waals surface area contributed by atoms with Crippen LogP contribution in [0.3, 0.4) is 0 Å². The van der Waals surface area contributed by atoms with Gasteiger partial charge in [0.2, 0.25) is 5.91 Å². The molecule has 4 amide bonds. The van der Waals surface area contributed by atoms with E-state index in [0.29, 0.717) is 5.69 Å². The van der Waals surface area contributed by atoms with Gasteiger partial charge in [0.15, 0.2) is 6.61 Å². The van der Waals surface area contributed by atoms with Crippen molar-refractivity contribution >= 4 is 29.5 Å². The largest absolute Gasteiger partial charge is 0.452 e. The van der Waals surface area contributed by atoms with Crippen molar-refractivity contribution in [3.8, 4) is 0 Å². The Balaban J connectivity index is 2.46. The van der Waals surface area contributed by atoms with E-state index in [2.05, 4.69) is 10.1 Å². The molecule has 0 bridgehead atoms. The third-order valence-corrected chi connectivity index (χ3v) is 2.46. The molecule has 0 aromatic heterocycles. The van der Waals surface area contributed by atoms with Crippen molar-refractivity contribution in [3.63, 3.8) is 0 Å². The Kier molecular flexibility index (Phi) is 6.91. The van der Waals surface area contributed by atoms with Crippen LogP contribution in [0.25, 0.3) is 0 Å². The van der Waals surface area contributed by atoms with E-state index in [-0.39, 0.29) is 11.5 Å². The van der Waals surface area contributed by atoms with Crippen LogP contribution in [-0.4, -0.2) is 43.1 Å². The van der Waals surface area contributed by atoms with E-state index in [1.807, 2.05) is 0 Å². The second-order valence-corrected chi connectivity index (χ2v) is 4.68. The minimum Gasteiger partial charge on any atom is -0.452 e. The van der Waals surface area contributed by atoms with E-state index in [1.165, 1.54) is 36.5 Å². The molecule has 0 fully saturated rings. The molecular formula is C14H14F3N3O5. The molecule has 11 heteroatoms. The molecule has 1 rings (SSSR count). The summed E-state index contributed by atoms with van der Waals surface area (Å²) in [5.74, 6) is -2.38.